The maximum Gasteiger partial charge on any atom is 0.211 e. The van der Waals surface area contributed by atoms with E-state index in [0.29, 0.717) is 26.1 Å². The van der Waals surface area contributed by atoms with Gasteiger partial charge in [0.25, 0.3) is 0 Å². The Hall–Kier alpha value is -0.170. The lowest BCUT2D eigenvalue weighted by molar-refractivity contribution is -0.0552. The normalized spacial score (nSPS) is 16.5. The molecule has 2 N–H and O–H groups in total. The van der Waals surface area contributed by atoms with Gasteiger partial charge in [-0.1, -0.05) is 48.5 Å². The topological polar surface area (TPSA) is 75.6 Å². The van der Waals surface area contributed by atoms with Crippen molar-refractivity contribution in [3.63, 3.8) is 0 Å². The van der Waals surface area contributed by atoms with Gasteiger partial charge in [-0.25, -0.2) is 13.1 Å². The Labute approximate surface area is 136 Å². The quantitative estimate of drug-likeness (QED) is 0.634. The fraction of sp³-hybridized carbons (Fsp3) is 1.00. The molecule has 6 heteroatoms. The Morgan fingerprint density at radius 2 is 1.64 bits per heavy atom. The number of aliphatic hydroxyl groups is 1. The monoisotopic (exact) mass is 337 g/mol. The fourth-order valence-electron chi connectivity index (χ4n) is 1.95. The van der Waals surface area contributed by atoms with Gasteiger partial charge in [0.15, 0.2) is 0 Å². The zero-order valence-corrected chi connectivity index (χ0v) is 16.1. The molecule has 1 atom stereocenters. The highest BCUT2D eigenvalue weighted by Crippen LogP contribution is 2.32. The molecule has 0 amide bonds. The summed E-state index contributed by atoms with van der Waals surface area (Å²) < 4.78 is 32.0. The summed E-state index contributed by atoms with van der Waals surface area (Å²) in [5, 5.41) is 10.6. The molecule has 0 saturated heterocycles. The number of ether oxygens (including phenoxy) is 1. The molecule has 0 saturated carbocycles. The average molecular weight is 338 g/mol. The first-order valence-electron chi connectivity index (χ1n) is 8.00. The number of rotatable bonds is 9. The van der Waals surface area contributed by atoms with Crippen molar-refractivity contribution < 1.29 is 18.3 Å². The van der Waals surface area contributed by atoms with Gasteiger partial charge < -0.3 is 9.84 Å². The summed E-state index contributed by atoms with van der Waals surface area (Å²) in [6, 6.07) is 0. The zero-order chi connectivity index (χ0) is 17.7. The van der Waals surface area contributed by atoms with Gasteiger partial charge in [0.2, 0.25) is 10.0 Å². The summed E-state index contributed by atoms with van der Waals surface area (Å²) in [6.07, 6.45) is 0.944. The minimum absolute atomic E-state index is 0.0150. The third kappa shape index (κ3) is 8.46. The van der Waals surface area contributed by atoms with Crippen LogP contribution in [-0.2, 0) is 14.8 Å². The third-order valence-electron chi connectivity index (χ3n) is 3.80. The molecule has 0 rings (SSSR count). The van der Waals surface area contributed by atoms with Gasteiger partial charge in [0.05, 0.1) is 18.0 Å². The largest absolute Gasteiger partial charge is 0.388 e. The van der Waals surface area contributed by atoms with E-state index in [1.807, 2.05) is 27.7 Å². The summed E-state index contributed by atoms with van der Waals surface area (Å²) in [5.74, 6) is 0.0150. The molecule has 0 aromatic rings. The Morgan fingerprint density at radius 3 is 2.05 bits per heavy atom. The van der Waals surface area contributed by atoms with Gasteiger partial charge in [-0.3, -0.25) is 0 Å². The van der Waals surface area contributed by atoms with E-state index >= 15 is 0 Å². The van der Waals surface area contributed by atoms with E-state index in [2.05, 4.69) is 25.5 Å². The van der Waals surface area contributed by atoms with Crippen LogP contribution in [0.2, 0.25) is 0 Å². The molecule has 0 aromatic carbocycles. The molecule has 0 bridgehead atoms. The van der Waals surface area contributed by atoms with Gasteiger partial charge in [0, 0.05) is 13.2 Å². The molecule has 22 heavy (non-hydrogen) atoms. The first-order valence-corrected chi connectivity index (χ1v) is 9.65. The van der Waals surface area contributed by atoms with Gasteiger partial charge in [0.1, 0.15) is 0 Å². The molecule has 0 aromatic heterocycles. The van der Waals surface area contributed by atoms with Crippen LogP contribution in [0, 0.1) is 10.8 Å². The molecular weight excluding hydrogens is 302 g/mol. The summed E-state index contributed by atoms with van der Waals surface area (Å²) in [6.45, 7) is 14.9. The summed E-state index contributed by atoms with van der Waals surface area (Å²) in [7, 11) is -3.39. The smallest absolute Gasteiger partial charge is 0.211 e. The molecular formula is C16H35NO4S. The van der Waals surface area contributed by atoms with Gasteiger partial charge >= 0.3 is 0 Å². The fourth-order valence-corrected chi connectivity index (χ4v) is 3.05. The predicted octanol–water partition coefficient (Wildman–Crippen LogP) is 2.55. The van der Waals surface area contributed by atoms with Crippen molar-refractivity contribution in [2.24, 2.45) is 10.8 Å². The van der Waals surface area contributed by atoms with Crippen molar-refractivity contribution in [3.05, 3.63) is 0 Å². The number of nitrogens with one attached hydrogen (secondary N) is 1. The lowest BCUT2D eigenvalue weighted by Gasteiger charge is -2.39. The SMILES string of the molecule is CCC(O)(CNS(=O)(=O)CCCOCC(C)(C)C)C(C)(C)C. The van der Waals surface area contributed by atoms with Crippen LogP contribution in [0.3, 0.4) is 0 Å². The molecule has 1 unspecified atom stereocenters. The third-order valence-corrected chi connectivity index (χ3v) is 5.21. The molecule has 134 valence electrons. The molecule has 0 aliphatic carbocycles. The average Bonchev–Trinajstić information content (AvgIpc) is 2.32. The maximum absolute atomic E-state index is 12.0. The van der Waals surface area contributed by atoms with Crippen LogP contribution >= 0.6 is 0 Å². The van der Waals surface area contributed by atoms with E-state index < -0.39 is 15.6 Å². The van der Waals surface area contributed by atoms with Crippen LogP contribution in [-0.4, -0.2) is 44.6 Å². The predicted molar refractivity (Wildman–Crippen MR) is 91.4 cm³/mol. The van der Waals surface area contributed by atoms with E-state index in [1.54, 1.807) is 0 Å². The second kappa shape index (κ2) is 8.08. The zero-order valence-electron chi connectivity index (χ0n) is 15.3. The number of sulfonamides is 1. The van der Waals surface area contributed by atoms with Crippen LogP contribution in [0.15, 0.2) is 0 Å². The van der Waals surface area contributed by atoms with Crippen molar-refractivity contribution in [2.45, 2.75) is 66.9 Å². The summed E-state index contributed by atoms with van der Waals surface area (Å²) in [5.41, 5.74) is -1.36. The highest BCUT2D eigenvalue weighted by molar-refractivity contribution is 7.89. The van der Waals surface area contributed by atoms with Crippen molar-refractivity contribution in [1.29, 1.82) is 0 Å². The first kappa shape index (κ1) is 21.8. The Balaban J connectivity index is 4.26. The standard InChI is InChI=1S/C16H35NO4S/c1-8-16(18,15(5,6)7)12-17-22(19,20)11-9-10-21-13-14(2,3)4/h17-18H,8-13H2,1-7H3. The Kier molecular flexibility index (Phi) is 8.02. The molecule has 0 fully saturated rings. The minimum Gasteiger partial charge on any atom is -0.388 e. The van der Waals surface area contributed by atoms with E-state index in [-0.39, 0.29) is 23.1 Å². The second-order valence-corrected chi connectivity index (χ2v) is 10.2. The van der Waals surface area contributed by atoms with Gasteiger partial charge in [-0.2, -0.15) is 0 Å². The van der Waals surface area contributed by atoms with E-state index in [1.165, 1.54) is 0 Å². The van der Waals surface area contributed by atoms with Gasteiger partial charge in [-0.05, 0) is 23.7 Å². The molecule has 0 aliphatic heterocycles. The van der Waals surface area contributed by atoms with Crippen molar-refractivity contribution in [3.8, 4) is 0 Å². The first-order chi connectivity index (χ1) is 9.72. The second-order valence-electron chi connectivity index (χ2n) is 8.24. The van der Waals surface area contributed by atoms with Gasteiger partial charge in [-0.15, -0.1) is 0 Å². The van der Waals surface area contributed by atoms with Crippen molar-refractivity contribution in [1.82, 2.24) is 4.72 Å². The van der Waals surface area contributed by atoms with Crippen LogP contribution in [0.25, 0.3) is 0 Å². The minimum atomic E-state index is -3.39. The van der Waals surface area contributed by atoms with E-state index in [4.69, 9.17) is 4.74 Å². The Morgan fingerprint density at radius 1 is 1.09 bits per heavy atom. The van der Waals surface area contributed by atoms with Crippen LogP contribution < -0.4 is 4.72 Å². The number of hydrogen-bond acceptors (Lipinski definition) is 4. The lowest BCUT2D eigenvalue weighted by Crippen LogP contribution is -2.51. The molecule has 0 heterocycles. The highest BCUT2D eigenvalue weighted by atomic mass is 32.2. The van der Waals surface area contributed by atoms with E-state index in [0.717, 1.165) is 0 Å². The highest BCUT2D eigenvalue weighted by Gasteiger charge is 2.38. The summed E-state index contributed by atoms with van der Waals surface area (Å²) in [4.78, 5) is 0. The maximum atomic E-state index is 12.0. The summed E-state index contributed by atoms with van der Waals surface area (Å²) >= 11 is 0. The van der Waals surface area contributed by atoms with Crippen LogP contribution in [0.4, 0.5) is 0 Å². The molecule has 0 aliphatic rings. The van der Waals surface area contributed by atoms with Crippen LogP contribution in [0.5, 0.6) is 0 Å². The molecule has 5 nitrogen and oxygen atoms in total. The van der Waals surface area contributed by atoms with E-state index in [9.17, 15) is 13.5 Å². The van der Waals surface area contributed by atoms with Crippen molar-refractivity contribution >= 4 is 10.0 Å². The Bertz CT molecular complexity index is 420. The number of hydrogen-bond donors (Lipinski definition) is 2. The van der Waals surface area contributed by atoms with Crippen molar-refractivity contribution in [2.75, 3.05) is 25.5 Å². The lowest BCUT2D eigenvalue weighted by atomic mass is 9.75. The van der Waals surface area contributed by atoms with Crippen LogP contribution in [0.1, 0.15) is 61.3 Å². The molecule has 0 spiro atoms. The molecule has 0 radical (unpaired) electrons.